The lowest BCUT2D eigenvalue weighted by Gasteiger charge is -2.10. The van der Waals surface area contributed by atoms with Crippen LogP contribution in [0.2, 0.25) is 0 Å². The van der Waals surface area contributed by atoms with Crippen LogP contribution < -0.4 is 5.32 Å². The SMILES string of the molecule is CN(C)CCNC(=O)c1cc2c(c3ccccc3n2C)n1C. The molecule has 1 aromatic carbocycles. The minimum Gasteiger partial charge on any atom is -0.349 e. The molecule has 0 saturated carbocycles. The van der Waals surface area contributed by atoms with Crippen LogP contribution in [0, 0.1) is 0 Å². The number of likely N-dealkylation sites (N-methyl/N-ethyl adjacent to an activating group) is 1. The number of fused-ring (bicyclic) bond motifs is 3. The van der Waals surface area contributed by atoms with Crippen LogP contribution in [0.15, 0.2) is 30.3 Å². The number of benzene rings is 1. The van der Waals surface area contributed by atoms with Crippen LogP contribution in [-0.2, 0) is 14.1 Å². The van der Waals surface area contributed by atoms with Crippen molar-refractivity contribution in [1.82, 2.24) is 19.4 Å². The minimum atomic E-state index is -0.0235. The summed E-state index contributed by atoms with van der Waals surface area (Å²) in [6, 6.07) is 10.2. The van der Waals surface area contributed by atoms with E-state index in [9.17, 15) is 4.79 Å². The second-order valence-electron chi connectivity index (χ2n) is 5.96. The average Bonchev–Trinajstić information content (AvgIpc) is 2.96. The van der Waals surface area contributed by atoms with Crippen molar-refractivity contribution < 1.29 is 4.79 Å². The van der Waals surface area contributed by atoms with E-state index in [1.54, 1.807) is 0 Å². The summed E-state index contributed by atoms with van der Waals surface area (Å²) < 4.78 is 4.13. The highest BCUT2D eigenvalue weighted by molar-refractivity contribution is 6.10. The Kier molecular flexibility index (Phi) is 3.66. The Morgan fingerprint density at radius 3 is 2.59 bits per heavy atom. The van der Waals surface area contributed by atoms with E-state index in [2.05, 4.69) is 26.9 Å². The summed E-state index contributed by atoms with van der Waals surface area (Å²) in [5.41, 5.74) is 4.07. The topological polar surface area (TPSA) is 42.2 Å². The molecule has 3 aromatic rings. The van der Waals surface area contributed by atoms with Crippen molar-refractivity contribution in [2.45, 2.75) is 0 Å². The highest BCUT2D eigenvalue weighted by Crippen LogP contribution is 2.29. The van der Waals surface area contributed by atoms with Gasteiger partial charge in [0.2, 0.25) is 0 Å². The zero-order chi connectivity index (χ0) is 15.9. The molecule has 5 heteroatoms. The highest BCUT2D eigenvalue weighted by atomic mass is 16.1. The summed E-state index contributed by atoms with van der Waals surface area (Å²) >= 11 is 0. The predicted molar refractivity (Wildman–Crippen MR) is 90.3 cm³/mol. The third kappa shape index (κ3) is 2.27. The zero-order valence-electron chi connectivity index (χ0n) is 13.6. The first-order valence-electron chi connectivity index (χ1n) is 7.46. The third-order valence-corrected chi connectivity index (χ3v) is 4.17. The van der Waals surface area contributed by atoms with Crippen LogP contribution in [0.3, 0.4) is 0 Å². The molecule has 0 unspecified atom stereocenters. The second-order valence-corrected chi connectivity index (χ2v) is 5.96. The van der Waals surface area contributed by atoms with E-state index in [0.29, 0.717) is 12.2 Å². The van der Waals surface area contributed by atoms with Gasteiger partial charge in [0.05, 0.1) is 16.6 Å². The van der Waals surface area contributed by atoms with Crippen LogP contribution in [-0.4, -0.2) is 47.1 Å². The number of rotatable bonds is 4. The molecule has 22 heavy (non-hydrogen) atoms. The van der Waals surface area contributed by atoms with Crippen molar-refractivity contribution in [2.24, 2.45) is 14.1 Å². The van der Waals surface area contributed by atoms with Gasteiger partial charge in [0.1, 0.15) is 5.69 Å². The molecule has 0 fully saturated rings. The molecule has 0 spiro atoms. The smallest absolute Gasteiger partial charge is 0.268 e. The molecule has 2 heterocycles. The minimum absolute atomic E-state index is 0.0235. The summed E-state index contributed by atoms with van der Waals surface area (Å²) in [4.78, 5) is 14.5. The number of para-hydroxylation sites is 1. The number of carbonyl (C=O) groups excluding carboxylic acids is 1. The van der Waals surface area contributed by atoms with Gasteiger partial charge >= 0.3 is 0 Å². The van der Waals surface area contributed by atoms with E-state index in [1.165, 1.54) is 10.9 Å². The van der Waals surface area contributed by atoms with Crippen LogP contribution in [0.4, 0.5) is 0 Å². The molecule has 0 aliphatic heterocycles. The number of hydrogen-bond acceptors (Lipinski definition) is 2. The summed E-state index contributed by atoms with van der Waals surface area (Å²) in [5, 5.41) is 4.15. The molecule has 0 atom stereocenters. The van der Waals surface area contributed by atoms with Crippen molar-refractivity contribution in [3.8, 4) is 0 Å². The summed E-state index contributed by atoms with van der Waals surface area (Å²) in [7, 11) is 7.98. The molecule has 0 aliphatic rings. The van der Waals surface area contributed by atoms with Gasteiger partial charge in [-0.15, -0.1) is 0 Å². The molecule has 3 rings (SSSR count). The maximum atomic E-state index is 12.4. The monoisotopic (exact) mass is 298 g/mol. The van der Waals surface area contributed by atoms with E-state index >= 15 is 0 Å². The maximum Gasteiger partial charge on any atom is 0.268 e. The first-order valence-corrected chi connectivity index (χ1v) is 7.46. The van der Waals surface area contributed by atoms with Crippen LogP contribution in [0.5, 0.6) is 0 Å². The summed E-state index contributed by atoms with van der Waals surface area (Å²) in [5.74, 6) is -0.0235. The lowest BCUT2D eigenvalue weighted by atomic mass is 10.2. The van der Waals surface area contributed by atoms with E-state index in [-0.39, 0.29) is 5.91 Å². The van der Waals surface area contributed by atoms with Gasteiger partial charge in [-0.3, -0.25) is 4.79 Å². The molecule has 5 nitrogen and oxygen atoms in total. The van der Waals surface area contributed by atoms with Crippen molar-refractivity contribution in [3.63, 3.8) is 0 Å². The molecule has 1 amide bonds. The zero-order valence-corrected chi connectivity index (χ0v) is 13.6. The quantitative estimate of drug-likeness (QED) is 0.800. The van der Waals surface area contributed by atoms with Crippen LogP contribution in [0.1, 0.15) is 10.5 Å². The molecule has 0 bridgehead atoms. The van der Waals surface area contributed by atoms with Crippen molar-refractivity contribution >= 4 is 27.8 Å². The second kappa shape index (κ2) is 5.50. The number of aromatic nitrogens is 2. The Morgan fingerprint density at radius 1 is 1.14 bits per heavy atom. The van der Waals surface area contributed by atoms with Gasteiger partial charge in [0.15, 0.2) is 0 Å². The summed E-state index contributed by atoms with van der Waals surface area (Å²) in [6.07, 6.45) is 0. The lowest BCUT2D eigenvalue weighted by molar-refractivity contribution is 0.0943. The first-order chi connectivity index (χ1) is 10.5. The summed E-state index contributed by atoms with van der Waals surface area (Å²) in [6.45, 7) is 1.48. The predicted octanol–water partition coefficient (Wildman–Crippen LogP) is 1.96. The first kappa shape index (κ1) is 14.7. The highest BCUT2D eigenvalue weighted by Gasteiger charge is 2.18. The third-order valence-electron chi connectivity index (χ3n) is 4.17. The Morgan fingerprint density at radius 2 is 1.86 bits per heavy atom. The van der Waals surface area contributed by atoms with Gasteiger partial charge in [-0.1, -0.05) is 18.2 Å². The largest absolute Gasteiger partial charge is 0.349 e. The number of nitrogens with zero attached hydrogens (tertiary/aromatic N) is 3. The van der Waals surface area contributed by atoms with Crippen LogP contribution >= 0.6 is 0 Å². The fourth-order valence-corrected chi connectivity index (χ4v) is 2.96. The number of hydrogen-bond donors (Lipinski definition) is 1. The molecule has 1 N–H and O–H groups in total. The standard InChI is InChI=1S/C17H22N4O/c1-19(2)10-9-18-17(22)15-11-14-16(21(15)4)12-7-5-6-8-13(12)20(14)3/h5-8,11H,9-10H2,1-4H3,(H,18,22). The number of aryl methyl sites for hydroxylation is 2. The lowest BCUT2D eigenvalue weighted by Crippen LogP contribution is -2.32. The Labute approximate surface area is 130 Å². The number of nitrogens with one attached hydrogen (secondary N) is 1. The van der Waals surface area contributed by atoms with Crippen molar-refractivity contribution in [2.75, 3.05) is 27.2 Å². The average molecular weight is 298 g/mol. The molecule has 116 valence electrons. The van der Waals surface area contributed by atoms with Gasteiger partial charge in [-0.2, -0.15) is 0 Å². The molecule has 2 aromatic heterocycles. The van der Waals surface area contributed by atoms with Gasteiger partial charge in [-0.05, 0) is 26.2 Å². The Hall–Kier alpha value is -2.27. The Bertz CT molecular complexity index is 841. The van der Waals surface area contributed by atoms with E-state index in [4.69, 9.17) is 0 Å². The van der Waals surface area contributed by atoms with E-state index < -0.39 is 0 Å². The van der Waals surface area contributed by atoms with Crippen LogP contribution in [0.25, 0.3) is 21.9 Å². The van der Waals surface area contributed by atoms with E-state index in [0.717, 1.165) is 17.6 Å². The van der Waals surface area contributed by atoms with E-state index in [1.807, 2.05) is 51.0 Å². The Balaban J connectivity index is 2.00. The number of amides is 1. The van der Waals surface area contributed by atoms with Gasteiger partial charge in [0, 0.05) is 32.6 Å². The molecule has 0 aliphatic carbocycles. The van der Waals surface area contributed by atoms with Crippen molar-refractivity contribution in [3.05, 3.63) is 36.0 Å². The molecule has 0 saturated heterocycles. The fourth-order valence-electron chi connectivity index (χ4n) is 2.96. The fraction of sp³-hybridized carbons (Fsp3) is 0.353. The van der Waals surface area contributed by atoms with Gasteiger partial charge in [0.25, 0.3) is 5.91 Å². The normalized spacial score (nSPS) is 11.7. The maximum absolute atomic E-state index is 12.4. The van der Waals surface area contributed by atoms with Gasteiger partial charge in [-0.25, -0.2) is 0 Å². The van der Waals surface area contributed by atoms with Gasteiger partial charge < -0.3 is 19.4 Å². The van der Waals surface area contributed by atoms with Crippen molar-refractivity contribution in [1.29, 1.82) is 0 Å². The number of carbonyl (C=O) groups is 1. The molecular formula is C17H22N4O. The molecule has 0 radical (unpaired) electrons. The molecular weight excluding hydrogens is 276 g/mol.